The quantitative estimate of drug-likeness (QED) is 0.752. The van der Waals surface area contributed by atoms with Crippen LogP contribution in [-0.2, 0) is 11.2 Å². The topological polar surface area (TPSA) is 59.6 Å². The standard InChI is InChI=1S/C17H24N2O3/c1-21-15-9-14(10-16(11-15)22-2)3-4-17(20)19-12-13-5-7-18-8-6-13/h5,9-11,18H,3-4,6-8,12H2,1-2H3,(H,19,20). The monoisotopic (exact) mass is 304 g/mol. The van der Waals surface area contributed by atoms with Crippen LogP contribution in [-0.4, -0.2) is 39.8 Å². The van der Waals surface area contributed by atoms with Crippen molar-refractivity contribution in [2.75, 3.05) is 33.9 Å². The van der Waals surface area contributed by atoms with E-state index >= 15 is 0 Å². The van der Waals surface area contributed by atoms with Gasteiger partial charge in [0.25, 0.3) is 0 Å². The van der Waals surface area contributed by atoms with E-state index in [0.717, 1.165) is 36.6 Å². The number of rotatable bonds is 7. The first-order valence-electron chi connectivity index (χ1n) is 7.58. The van der Waals surface area contributed by atoms with Crippen LogP contribution in [0.25, 0.3) is 0 Å². The average Bonchev–Trinajstić information content (AvgIpc) is 2.58. The molecule has 0 unspecified atom stereocenters. The van der Waals surface area contributed by atoms with Crippen molar-refractivity contribution in [3.63, 3.8) is 0 Å². The molecule has 1 aromatic rings. The molecule has 0 saturated carbocycles. The molecule has 2 rings (SSSR count). The van der Waals surface area contributed by atoms with Crippen LogP contribution >= 0.6 is 0 Å². The summed E-state index contributed by atoms with van der Waals surface area (Å²) < 4.78 is 10.5. The molecule has 0 fully saturated rings. The van der Waals surface area contributed by atoms with E-state index in [4.69, 9.17) is 9.47 Å². The van der Waals surface area contributed by atoms with Gasteiger partial charge in [0.2, 0.25) is 5.91 Å². The molecular formula is C17H24N2O3. The Balaban J connectivity index is 1.81. The third-order valence-corrected chi connectivity index (χ3v) is 3.72. The molecule has 0 aliphatic carbocycles. The van der Waals surface area contributed by atoms with Crippen LogP contribution < -0.4 is 20.1 Å². The van der Waals surface area contributed by atoms with E-state index in [-0.39, 0.29) is 5.91 Å². The Morgan fingerprint density at radius 1 is 1.23 bits per heavy atom. The maximum atomic E-state index is 12.0. The molecule has 1 heterocycles. The molecule has 22 heavy (non-hydrogen) atoms. The first-order valence-corrected chi connectivity index (χ1v) is 7.58. The summed E-state index contributed by atoms with van der Waals surface area (Å²) in [6, 6.07) is 5.70. The Morgan fingerprint density at radius 2 is 1.95 bits per heavy atom. The fraction of sp³-hybridized carbons (Fsp3) is 0.471. The second-order valence-corrected chi connectivity index (χ2v) is 5.31. The normalized spacial score (nSPS) is 14.2. The molecule has 0 bridgehead atoms. The lowest BCUT2D eigenvalue weighted by Crippen LogP contribution is -2.29. The first kappa shape index (κ1) is 16.4. The minimum absolute atomic E-state index is 0.0706. The van der Waals surface area contributed by atoms with E-state index in [0.29, 0.717) is 19.4 Å². The number of nitrogens with one attached hydrogen (secondary N) is 2. The van der Waals surface area contributed by atoms with Crippen molar-refractivity contribution in [2.45, 2.75) is 19.3 Å². The summed E-state index contributed by atoms with van der Waals surface area (Å²) in [5.74, 6) is 1.56. The van der Waals surface area contributed by atoms with E-state index in [1.54, 1.807) is 14.2 Å². The Kier molecular flexibility index (Phi) is 6.27. The highest BCUT2D eigenvalue weighted by Gasteiger charge is 2.07. The molecule has 120 valence electrons. The van der Waals surface area contributed by atoms with E-state index in [9.17, 15) is 4.79 Å². The van der Waals surface area contributed by atoms with Gasteiger partial charge in [-0.05, 0) is 37.1 Å². The summed E-state index contributed by atoms with van der Waals surface area (Å²) in [7, 11) is 3.25. The van der Waals surface area contributed by atoms with Gasteiger partial charge in [0.05, 0.1) is 14.2 Å². The zero-order valence-electron chi connectivity index (χ0n) is 13.3. The molecule has 0 atom stereocenters. The fourth-order valence-electron chi connectivity index (χ4n) is 2.40. The molecule has 0 spiro atoms. The smallest absolute Gasteiger partial charge is 0.220 e. The van der Waals surface area contributed by atoms with Gasteiger partial charge in [-0.15, -0.1) is 0 Å². The first-order chi connectivity index (χ1) is 10.7. The highest BCUT2D eigenvalue weighted by molar-refractivity contribution is 5.76. The maximum absolute atomic E-state index is 12.0. The number of ether oxygens (including phenoxy) is 2. The number of hydrogen-bond donors (Lipinski definition) is 2. The molecule has 5 heteroatoms. The van der Waals surface area contributed by atoms with Gasteiger partial charge in [-0.1, -0.05) is 11.6 Å². The molecule has 0 saturated heterocycles. The number of carbonyl (C=O) groups is 1. The summed E-state index contributed by atoms with van der Waals surface area (Å²) in [4.78, 5) is 12.0. The summed E-state index contributed by atoms with van der Waals surface area (Å²) in [6.45, 7) is 2.54. The van der Waals surface area contributed by atoms with Crippen LogP contribution in [0, 0.1) is 0 Å². The van der Waals surface area contributed by atoms with Crippen LogP contribution in [0.5, 0.6) is 11.5 Å². The maximum Gasteiger partial charge on any atom is 0.220 e. The van der Waals surface area contributed by atoms with E-state index < -0.39 is 0 Å². The second kappa shape index (κ2) is 8.44. The molecule has 1 aliphatic rings. The van der Waals surface area contributed by atoms with Crippen molar-refractivity contribution in [3.8, 4) is 11.5 Å². The van der Waals surface area contributed by atoms with Crippen molar-refractivity contribution >= 4 is 5.91 Å². The molecule has 1 amide bonds. The lowest BCUT2D eigenvalue weighted by molar-refractivity contribution is -0.120. The Morgan fingerprint density at radius 3 is 2.55 bits per heavy atom. The van der Waals surface area contributed by atoms with Crippen LogP contribution in [0.4, 0.5) is 0 Å². The lowest BCUT2D eigenvalue weighted by Gasteiger charge is -2.14. The predicted molar refractivity (Wildman–Crippen MR) is 86.4 cm³/mol. The number of benzene rings is 1. The third kappa shape index (κ3) is 5.07. The van der Waals surface area contributed by atoms with Gasteiger partial charge in [-0.25, -0.2) is 0 Å². The van der Waals surface area contributed by atoms with Gasteiger partial charge in [-0.3, -0.25) is 4.79 Å². The highest BCUT2D eigenvalue weighted by Crippen LogP contribution is 2.23. The number of hydrogen-bond acceptors (Lipinski definition) is 4. The summed E-state index contributed by atoms with van der Waals surface area (Å²) in [5, 5.41) is 6.24. The molecule has 1 aliphatic heterocycles. The fourth-order valence-corrected chi connectivity index (χ4v) is 2.40. The third-order valence-electron chi connectivity index (χ3n) is 3.72. The Hall–Kier alpha value is -2.01. The van der Waals surface area contributed by atoms with Crippen LogP contribution in [0.15, 0.2) is 29.8 Å². The number of carbonyl (C=O) groups excluding carboxylic acids is 1. The Bertz CT molecular complexity index is 518. The Labute approximate surface area is 131 Å². The zero-order valence-corrected chi connectivity index (χ0v) is 13.3. The summed E-state index contributed by atoms with van der Waals surface area (Å²) in [5.41, 5.74) is 2.34. The SMILES string of the molecule is COc1cc(CCC(=O)NCC2=CCNCC2)cc(OC)c1. The van der Waals surface area contributed by atoms with Crippen molar-refractivity contribution in [3.05, 3.63) is 35.4 Å². The lowest BCUT2D eigenvalue weighted by atomic mass is 10.1. The largest absolute Gasteiger partial charge is 0.497 e. The van der Waals surface area contributed by atoms with Crippen molar-refractivity contribution < 1.29 is 14.3 Å². The van der Waals surface area contributed by atoms with Gasteiger partial charge in [-0.2, -0.15) is 0 Å². The number of methoxy groups -OCH3 is 2. The molecule has 5 nitrogen and oxygen atoms in total. The van der Waals surface area contributed by atoms with Crippen molar-refractivity contribution in [2.24, 2.45) is 0 Å². The second-order valence-electron chi connectivity index (χ2n) is 5.31. The van der Waals surface area contributed by atoms with Crippen LogP contribution in [0.3, 0.4) is 0 Å². The summed E-state index contributed by atoms with van der Waals surface area (Å²) in [6.07, 6.45) is 4.28. The molecule has 2 N–H and O–H groups in total. The minimum Gasteiger partial charge on any atom is -0.497 e. The van der Waals surface area contributed by atoms with E-state index in [2.05, 4.69) is 16.7 Å². The highest BCUT2D eigenvalue weighted by atomic mass is 16.5. The molecular weight excluding hydrogens is 280 g/mol. The van der Waals surface area contributed by atoms with Gasteiger partial charge in [0.1, 0.15) is 11.5 Å². The summed E-state index contributed by atoms with van der Waals surface area (Å²) >= 11 is 0. The van der Waals surface area contributed by atoms with Crippen molar-refractivity contribution in [1.82, 2.24) is 10.6 Å². The van der Waals surface area contributed by atoms with Crippen LogP contribution in [0.1, 0.15) is 18.4 Å². The van der Waals surface area contributed by atoms with Gasteiger partial charge in [0.15, 0.2) is 0 Å². The van der Waals surface area contributed by atoms with Gasteiger partial charge in [0, 0.05) is 25.6 Å². The van der Waals surface area contributed by atoms with Gasteiger partial charge < -0.3 is 20.1 Å². The van der Waals surface area contributed by atoms with Crippen molar-refractivity contribution in [1.29, 1.82) is 0 Å². The predicted octanol–water partition coefficient (Wildman–Crippen LogP) is 1.67. The van der Waals surface area contributed by atoms with Crippen LogP contribution in [0.2, 0.25) is 0 Å². The molecule has 1 aromatic carbocycles. The zero-order chi connectivity index (χ0) is 15.8. The number of aryl methyl sites for hydroxylation is 1. The van der Waals surface area contributed by atoms with Gasteiger partial charge >= 0.3 is 0 Å². The van der Waals surface area contributed by atoms with E-state index in [1.165, 1.54) is 5.57 Å². The average molecular weight is 304 g/mol. The number of amides is 1. The minimum atomic E-state index is 0.0706. The molecule has 0 aromatic heterocycles. The molecule has 0 radical (unpaired) electrons. The van der Waals surface area contributed by atoms with E-state index in [1.807, 2.05) is 18.2 Å².